The molecule has 1 aromatic heterocycles. The molecule has 0 aliphatic carbocycles. The summed E-state index contributed by atoms with van der Waals surface area (Å²) in [5, 5.41) is 2.54. The van der Waals surface area contributed by atoms with Crippen LogP contribution in [0.2, 0.25) is 0 Å². The van der Waals surface area contributed by atoms with Crippen molar-refractivity contribution >= 4 is 21.8 Å². The van der Waals surface area contributed by atoms with Crippen LogP contribution in [0.5, 0.6) is 0 Å². The molecule has 1 amide bonds. The fourth-order valence-corrected chi connectivity index (χ4v) is 2.78. The fourth-order valence-electron chi connectivity index (χ4n) is 2.03. The number of hydrogen-bond donors (Lipinski definition) is 1. The van der Waals surface area contributed by atoms with Crippen molar-refractivity contribution in [3.63, 3.8) is 0 Å². The van der Waals surface area contributed by atoms with E-state index in [0.29, 0.717) is 11.4 Å². The highest BCUT2D eigenvalue weighted by molar-refractivity contribution is 7.88. The van der Waals surface area contributed by atoms with Gasteiger partial charge in [-0.25, -0.2) is 13.2 Å². The minimum Gasteiger partial charge on any atom is -0.453 e. The van der Waals surface area contributed by atoms with Crippen LogP contribution in [0.25, 0.3) is 0 Å². The van der Waals surface area contributed by atoms with Crippen LogP contribution in [0.3, 0.4) is 0 Å². The Labute approximate surface area is 141 Å². The van der Waals surface area contributed by atoms with Crippen LogP contribution in [0.1, 0.15) is 11.3 Å². The molecule has 0 saturated carbocycles. The third-order valence-electron chi connectivity index (χ3n) is 3.28. The Hall–Kier alpha value is -2.45. The van der Waals surface area contributed by atoms with E-state index in [1.165, 1.54) is 17.7 Å². The van der Waals surface area contributed by atoms with Gasteiger partial charge in [-0.1, -0.05) is 18.2 Å². The van der Waals surface area contributed by atoms with E-state index in [2.05, 4.69) is 15.0 Å². The van der Waals surface area contributed by atoms with E-state index in [9.17, 15) is 13.2 Å². The van der Waals surface area contributed by atoms with Gasteiger partial charge in [-0.05, 0) is 29.8 Å². The molecule has 0 aliphatic heterocycles. The number of sulfonamides is 1. The molecule has 0 saturated heterocycles. The largest absolute Gasteiger partial charge is 0.453 e. The van der Waals surface area contributed by atoms with Crippen molar-refractivity contribution in [2.45, 2.75) is 13.1 Å². The molecule has 1 aromatic carbocycles. The Balaban J connectivity index is 2.11. The van der Waals surface area contributed by atoms with Gasteiger partial charge in [0.1, 0.15) is 0 Å². The normalized spacial score (nSPS) is 11.3. The second-order valence-electron chi connectivity index (χ2n) is 5.17. The number of hydrogen-bond acceptors (Lipinski definition) is 5. The van der Waals surface area contributed by atoms with Crippen molar-refractivity contribution in [1.29, 1.82) is 0 Å². The minimum atomic E-state index is -3.39. The van der Waals surface area contributed by atoms with Crippen molar-refractivity contribution in [3.8, 4) is 0 Å². The van der Waals surface area contributed by atoms with Crippen LogP contribution in [0.4, 0.5) is 10.5 Å². The molecular weight excluding hydrogens is 330 g/mol. The quantitative estimate of drug-likeness (QED) is 0.864. The van der Waals surface area contributed by atoms with Gasteiger partial charge in [-0.2, -0.15) is 4.31 Å². The average molecular weight is 349 g/mol. The first kappa shape index (κ1) is 17.9. The van der Waals surface area contributed by atoms with Crippen molar-refractivity contribution in [2.75, 3.05) is 18.7 Å². The van der Waals surface area contributed by atoms with Crippen LogP contribution in [-0.2, 0) is 27.8 Å². The molecule has 7 nitrogen and oxygen atoms in total. The molecule has 0 unspecified atom stereocenters. The van der Waals surface area contributed by atoms with Crippen LogP contribution in [0, 0.1) is 0 Å². The molecule has 0 radical (unpaired) electrons. The lowest BCUT2D eigenvalue weighted by Crippen LogP contribution is -2.29. The number of carbonyl (C=O) groups is 1. The summed E-state index contributed by atoms with van der Waals surface area (Å²) in [5.74, 6) is 0. The molecule has 0 atom stereocenters. The Morgan fingerprint density at radius 2 is 1.88 bits per heavy atom. The highest BCUT2D eigenvalue weighted by atomic mass is 32.2. The summed E-state index contributed by atoms with van der Waals surface area (Å²) in [6.45, 7) is 0.412. The third kappa shape index (κ3) is 5.32. The Morgan fingerprint density at radius 1 is 1.17 bits per heavy atom. The Kier molecular flexibility index (Phi) is 5.88. The number of aromatic nitrogens is 1. The van der Waals surface area contributed by atoms with Crippen molar-refractivity contribution in [3.05, 3.63) is 59.9 Å². The molecule has 1 heterocycles. The van der Waals surface area contributed by atoms with E-state index in [4.69, 9.17) is 0 Å². The summed E-state index contributed by atoms with van der Waals surface area (Å²) in [7, 11) is -2.11. The standard InChI is InChI=1S/C16H19N3O4S/c1-23-16(20)18-14-8-6-13(7-9-14)11-19(24(2,21)22)12-15-5-3-4-10-17-15/h3-10H,11-12H2,1-2H3,(H,18,20). The number of benzene rings is 1. The van der Waals surface area contributed by atoms with Gasteiger partial charge in [0.05, 0.1) is 25.6 Å². The SMILES string of the molecule is COC(=O)Nc1ccc(CN(Cc2ccccn2)S(C)(=O)=O)cc1. The van der Waals surface area contributed by atoms with Crippen molar-refractivity contribution in [2.24, 2.45) is 0 Å². The van der Waals surface area contributed by atoms with E-state index in [0.717, 1.165) is 5.56 Å². The molecule has 8 heteroatoms. The van der Waals surface area contributed by atoms with Gasteiger partial charge in [0, 0.05) is 18.4 Å². The predicted octanol–water partition coefficient (Wildman–Crippen LogP) is 2.22. The van der Waals surface area contributed by atoms with Crippen molar-refractivity contribution in [1.82, 2.24) is 9.29 Å². The molecule has 0 fully saturated rings. The van der Waals surface area contributed by atoms with E-state index >= 15 is 0 Å². The van der Waals surface area contributed by atoms with Crippen LogP contribution in [0.15, 0.2) is 48.7 Å². The summed E-state index contributed by atoms with van der Waals surface area (Å²) < 4.78 is 29.9. The van der Waals surface area contributed by atoms with Crippen LogP contribution < -0.4 is 5.32 Å². The van der Waals surface area contributed by atoms with Crippen molar-refractivity contribution < 1.29 is 17.9 Å². The predicted molar refractivity (Wildman–Crippen MR) is 90.8 cm³/mol. The lowest BCUT2D eigenvalue weighted by Gasteiger charge is -2.19. The summed E-state index contributed by atoms with van der Waals surface area (Å²) in [5.41, 5.74) is 2.04. The number of anilines is 1. The minimum absolute atomic E-state index is 0.196. The number of carbonyl (C=O) groups excluding carboxylic acids is 1. The number of amides is 1. The second-order valence-corrected chi connectivity index (χ2v) is 7.15. The van der Waals surface area contributed by atoms with Gasteiger partial charge >= 0.3 is 6.09 Å². The van der Waals surface area contributed by atoms with Gasteiger partial charge in [-0.15, -0.1) is 0 Å². The summed E-state index contributed by atoms with van der Waals surface area (Å²) >= 11 is 0. The zero-order valence-corrected chi connectivity index (χ0v) is 14.3. The fraction of sp³-hybridized carbons (Fsp3) is 0.250. The zero-order valence-electron chi connectivity index (χ0n) is 13.5. The molecule has 0 spiro atoms. The summed E-state index contributed by atoms with van der Waals surface area (Å²) in [6.07, 6.45) is 2.24. The Morgan fingerprint density at radius 3 is 2.42 bits per heavy atom. The first-order chi connectivity index (χ1) is 11.4. The summed E-state index contributed by atoms with van der Waals surface area (Å²) in [6, 6.07) is 12.3. The van der Waals surface area contributed by atoms with E-state index in [1.54, 1.807) is 42.6 Å². The molecule has 1 N–H and O–H groups in total. The van der Waals surface area contributed by atoms with Gasteiger partial charge in [-0.3, -0.25) is 10.3 Å². The zero-order chi connectivity index (χ0) is 17.6. The molecule has 128 valence electrons. The van der Waals surface area contributed by atoms with Gasteiger partial charge in [0.2, 0.25) is 10.0 Å². The number of nitrogens with zero attached hydrogens (tertiary/aromatic N) is 2. The average Bonchev–Trinajstić information content (AvgIpc) is 2.56. The number of ether oxygens (including phenoxy) is 1. The smallest absolute Gasteiger partial charge is 0.411 e. The maximum atomic E-state index is 12.0. The van der Waals surface area contributed by atoms with E-state index in [1.807, 2.05) is 6.07 Å². The molecule has 0 aliphatic rings. The highest BCUT2D eigenvalue weighted by Crippen LogP contribution is 2.15. The second kappa shape index (κ2) is 7.89. The van der Waals surface area contributed by atoms with Gasteiger partial charge < -0.3 is 4.74 Å². The lowest BCUT2D eigenvalue weighted by molar-refractivity contribution is 0.187. The number of methoxy groups -OCH3 is 1. The first-order valence-electron chi connectivity index (χ1n) is 7.17. The topological polar surface area (TPSA) is 88.6 Å². The maximum absolute atomic E-state index is 12.0. The molecule has 2 rings (SSSR count). The lowest BCUT2D eigenvalue weighted by atomic mass is 10.2. The first-order valence-corrected chi connectivity index (χ1v) is 9.02. The van der Waals surface area contributed by atoms with Crippen LogP contribution in [-0.4, -0.2) is 37.2 Å². The summed E-state index contributed by atoms with van der Waals surface area (Å²) in [4.78, 5) is 15.3. The molecule has 2 aromatic rings. The van der Waals surface area contributed by atoms with Gasteiger partial charge in [0.15, 0.2) is 0 Å². The third-order valence-corrected chi connectivity index (χ3v) is 4.47. The molecule has 0 bridgehead atoms. The van der Waals surface area contributed by atoms with Crippen LogP contribution >= 0.6 is 0 Å². The van der Waals surface area contributed by atoms with Gasteiger partial charge in [0.25, 0.3) is 0 Å². The number of pyridine rings is 1. The molecule has 24 heavy (non-hydrogen) atoms. The van der Waals surface area contributed by atoms with E-state index in [-0.39, 0.29) is 13.1 Å². The molecular formula is C16H19N3O4S. The van der Waals surface area contributed by atoms with E-state index < -0.39 is 16.1 Å². The monoisotopic (exact) mass is 349 g/mol. The maximum Gasteiger partial charge on any atom is 0.411 e. The number of rotatable bonds is 6. The highest BCUT2D eigenvalue weighted by Gasteiger charge is 2.18. The number of nitrogens with one attached hydrogen (secondary N) is 1. The Bertz CT molecular complexity index is 777.